The van der Waals surface area contributed by atoms with Gasteiger partial charge in [-0.15, -0.1) is 0 Å². The van der Waals surface area contributed by atoms with Gasteiger partial charge in [-0.3, -0.25) is 4.79 Å². The van der Waals surface area contributed by atoms with E-state index in [1.165, 1.54) is 31.2 Å². The van der Waals surface area contributed by atoms with Crippen LogP contribution >= 0.6 is 11.3 Å². The molecule has 166 valence electrons. The topological polar surface area (TPSA) is 75.0 Å². The average molecular weight is 469 g/mol. The zero-order valence-electron chi connectivity index (χ0n) is 18.2. The standard InChI is InChI=1S/C23H24N4O3S2/c1-15-7-6-9-18(16(15)2)25-11-13-26(14-12-25)32(29,30)21-17(3)24-23-27(22(21)28)19-8-4-5-10-20(19)31-23/h4-10H,11-14H2,1-3H3. The number of hydrogen-bond acceptors (Lipinski definition) is 6. The Labute approximate surface area is 190 Å². The van der Waals surface area contributed by atoms with Gasteiger partial charge in [-0.25, -0.2) is 17.8 Å². The van der Waals surface area contributed by atoms with E-state index in [1.807, 2.05) is 30.3 Å². The number of rotatable bonds is 3. The molecule has 2 aromatic heterocycles. The molecule has 9 heteroatoms. The Morgan fingerprint density at radius 2 is 1.66 bits per heavy atom. The SMILES string of the molecule is Cc1cccc(N2CCN(S(=O)(=O)c3c(C)nc4sc5ccccc5n4c3=O)CC2)c1C. The number of piperazine rings is 1. The first-order valence-corrected chi connectivity index (χ1v) is 12.8. The average Bonchev–Trinajstić information content (AvgIpc) is 3.14. The van der Waals surface area contributed by atoms with E-state index in [-0.39, 0.29) is 10.6 Å². The van der Waals surface area contributed by atoms with Gasteiger partial charge < -0.3 is 4.90 Å². The molecule has 1 fully saturated rings. The highest BCUT2D eigenvalue weighted by molar-refractivity contribution is 7.89. The van der Waals surface area contributed by atoms with Crippen molar-refractivity contribution in [3.05, 3.63) is 69.6 Å². The first-order valence-electron chi connectivity index (χ1n) is 10.5. The minimum atomic E-state index is -3.97. The lowest BCUT2D eigenvalue weighted by molar-refractivity contribution is 0.383. The van der Waals surface area contributed by atoms with Crippen molar-refractivity contribution in [3.8, 4) is 0 Å². The van der Waals surface area contributed by atoms with Gasteiger partial charge in [0.05, 0.1) is 15.9 Å². The number of thiazole rings is 1. The number of anilines is 1. The lowest BCUT2D eigenvalue weighted by Crippen LogP contribution is -2.50. The summed E-state index contributed by atoms with van der Waals surface area (Å²) in [4.78, 5) is 20.4. The van der Waals surface area contributed by atoms with Crippen molar-refractivity contribution < 1.29 is 8.42 Å². The summed E-state index contributed by atoms with van der Waals surface area (Å²) in [6.07, 6.45) is 0. The molecule has 0 N–H and O–H groups in total. The summed E-state index contributed by atoms with van der Waals surface area (Å²) in [5.41, 5.74) is 3.95. The van der Waals surface area contributed by atoms with Crippen molar-refractivity contribution in [1.29, 1.82) is 0 Å². The van der Waals surface area contributed by atoms with Gasteiger partial charge in [-0.05, 0) is 50.1 Å². The van der Waals surface area contributed by atoms with Crippen LogP contribution in [0.1, 0.15) is 16.8 Å². The van der Waals surface area contributed by atoms with Crippen molar-refractivity contribution in [3.63, 3.8) is 0 Å². The van der Waals surface area contributed by atoms with Crippen LogP contribution in [0, 0.1) is 20.8 Å². The summed E-state index contributed by atoms with van der Waals surface area (Å²) < 4.78 is 30.8. The van der Waals surface area contributed by atoms with Gasteiger partial charge in [0.2, 0.25) is 0 Å². The minimum absolute atomic E-state index is 0.223. The maximum atomic E-state index is 13.6. The van der Waals surface area contributed by atoms with Gasteiger partial charge in [0.15, 0.2) is 9.86 Å². The summed E-state index contributed by atoms with van der Waals surface area (Å²) in [6, 6.07) is 13.6. The largest absolute Gasteiger partial charge is 0.369 e. The van der Waals surface area contributed by atoms with Crippen LogP contribution in [-0.4, -0.2) is 48.3 Å². The first kappa shape index (κ1) is 21.1. The molecule has 3 heterocycles. The van der Waals surface area contributed by atoms with Crippen molar-refractivity contribution >= 4 is 42.2 Å². The fraction of sp³-hybridized carbons (Fsp3) is 0.304. The second-order valence-corrected chi connectivity index (χ2v) is 11.0. The van der Waals surface area contributed by atoms with Gasteiger partial charge in [0.25, 0.3) is 15.6 Å². The van der Waals surface area contributed by atoms with Crippen molar-refractivity contribution in [1.82, 2.24) is 13.7 Å². The lowest BCUT2D eigenvalue weighted by atomic mass is 10.1. The van der Waals surface area contributed by atoms with E-state index in [0.717, 1.165) is 10.4 Å². The Morgan fingerprint density at radius 3 is 2.41 bits per heavy atom. The molecule has 7 nitrogen and oxygen atoms in total. The van der Waals surface area contributed by atoms with E-state index in [4.69, 9.17) is 0 Å². The van der Waals surface area contributed by atoms with E-state index >= 15 is 0 Å². The molecular weight excluding hydrogens is 444 g/mol. The highest BCUT2D eigenvalue weighted by atomic mass is 32.2. The van der Waals surface area contributed by atoms with Gasteiger partial charge in [-0.1, -0.05) is 35.6 Å². The Bertz CT molecular complexity index is 1510. The molecule has 4 aromatic rings. The lowest BCUT2D eigenvalue weighted by Gasteiger charge is -2.36. The molecule has 1 aliphatic heterocycles. The third-order valence-corrected chi connectivity index (χ3v) is 9.29. The van der Waals surface area contributed by atoms with Crippen LogP contribution in [0.2, 0.25) is 0 Å². The first-order chi connectivity index (χ1) is 15.3. The van der Waals surface area contributed by atoms with E-state index in [0.29, 0.717) is 36.7 Å². The number of aromatic nitrogens is 2. The number of benzene rings is 2. The molecular formula is C23H24N4O3S2. The molecule has 2 aromatic carbocycles. The molecule has 0 aliphatic carbocycles. The Morgan fingerprint density at radius 1 is 0.938 bits per heavy atom. The molecule has 1 saturated heterocycles. The zero-order valence-corrected chi connectivity index (χ0v) is 19.8. The van der Waals surface area contributed by atoms with Crippen LogP contribution in [0.5, 0.6) is 0 Å². The summed E-state index contributed by atoms with van der Waals surface area (Å²) in [7, 11) is -3.97. The Balaban J connectivity index is 1.51. The third-order valence-electron chi connectivity index (χ3n) is 6.24. The van der Waals surface area contributed by atoms with E-state index in [1.54, 1.807) is 6.92 Å². The van der Waals surface area contributed by atoms with Crippen LogP contribution in [0.4, 0.5) is 5.69 Å². The van der Waals surface area contributed by atoms with E-state index in [2.05, 4.69) is 35.9 Å². The zero-order chi connectivity index (χ0) is 22.6. The van der Waals surface area contributed by atoms with E-state index in [9.17, 15) is 13.2 Å². The molecule has 32 heavy (non-hydrogen) atoms. The van der Waals surface area contributed by atoms with Gasteiger partial charge in [-0.2, -0.15) is 4.31 Å². The molecule has 0 amide bonds. The molecule has 1 aliphatic rings. The van der Waals surface area contributed by atoms with Crippen molar-refractivity contribution in [2.24, 2.45) is 0 Å². The highest BCUT2D eigenvalue weighted by Crippen LogP contribution is 2.28. The summed E-state index contributed by atoms with van der Waals surface area (Å²) >= 11 is 1.38. The number of hydrogen-bond donors (Lipinski definition) is 0. The monoisotopic (exact) mass is 468 g/mol. The highest BCUT2D eigenvalue weighted by Gasteiger charge is 2.34. The van der Waals surface area contributed by atoms with Crippen molar-refractivity contribution in [2.45, 2.75) is 25.7 Å². The van der Waals surface area contributed by atoms with Crippen LogP contribution in [0.3, 0.4) is 0 Å². The van der Waals surface area contributed by atoms with Crippen molar-refractivity contribution in [2.75, 3.05) is 31.1 Å². The summed E-state index contributed by atoms with van der Waals surface area (Å²) in [6.45, 7) is 7.55. The number of sulfonamides is 1. The van der Waals surface area contributed by atoms with Crippen LogP contribution < -0.4 is 10.5 Å². The smallest absolute Gasteiger partial charge is 0.279 e. The minimum Gasteiger partial charge on any atom is -0.369 e. The molecule has 5 rings (SSSR count). The molecule has 0 radical (unpaired) electrons. The second-order valence-electron chi connectivity index (χ2n) is 8.13. The molecule has 0 spiro atoms. The van der Waals surface area contributed by atoms with Crippen LogP contribution in [0.15, 0.2) is 52.2 Å². The summed E-state index contributed by atoms with van der Waals surface area (Å²) in [5, 5.41) is 0. The normalized spacial score (nSPS) is 15.7. The predicted octanol–water partition coefficient (Wildman–Crippen LogP) is 3.35. The number of nitrogens with zero attached hydrogens (tertiary/aromatic N) is 4. The number of aryl methyl sites for hydroxylation is 2. The quantitative estimate of drug-likeness (QED) is 0.461. The number of fused-ring (bicyclic) bond motifs is 3. The maximum absolute atomic E-state index is 13.6. The molecule has 0 unspecified atom stereocenters. The van der Waals surface area contributed by atoms with Gasteiger partial charge >= 0.3 is 0 Å². The Kier molecular flexibility index (Phi) is 5.07. The van der Waals surface area contributed by atoms with Crippen LogP contribution in [0.25, 0.3) is 15.2 Å². The van der Waals surface area contributed by atoms with E-state index < -0.39 is 15.6 Å². The van der Waals surface area contributed by atoms with Gasteiger partial charge in [0, 0.05) is 31.9 Å². The van der Waals surface area contributed by atoms with Gasteiger partial charge in [0.1, 0.15) is 0 Å². The molecule has 0 bridgehead atoms. The predicted molar refractivity (Wildman–Crippen MR) is 128 cm³/mol. The second kappa shape index (κ2) is 7.68. The molecule has 0 saturated carbocycles. The molecule has 0 atom stereocenters. The summed E-state index contributed by atoms with van der Waals surface area (Å²) in [5.74, 6) is 0. The third kappa shape index (κ3) is 3.23. The fourth-order valence-corrected chi connectivity index (χ4v) is 7.06. The number of para-hydroxylation sites is 1. The van der Waals surface area contributed by atoms with Crippen LogP contribution in [-0.2, 0) is 10.0 Å². The Hall–Kier alpha value is -2.75. The fourth-order valence-electron chi connectivity index (χ4n) is 4.37. The maximum Gasteiger partial charge on any atom is 0.279 e.